The van der Waals surface area contributed by atoms with Crippen LogP contribution in [0.1, 0.15) is 41.8 Å². The number of ether oxygens (including phenoxy) is 1. The van der Waals surface area contributed by atoms with Gasteiger partial charge in [0.2, 0.25) is 0 Å². The number of carbonyl (C=O) groups is 2. The van der Waals surface area contributed by atoms with Crippen molar-refractivity contribution in [2.75, 3.05) is 26.7 Å². The Morgan fingerprint density at radius 2 is 2.24 bits per heavy atom. The lowest BCUT2D eigenvalue weighted by Gasteiger charge is -2.38. The Labute approximate surface area is 152 Å². The molecule has 1 spiro atoms. The molecular weight excluding hydrogens is 340 g/mol. The highest BCUT2D eigenvalue weighted by Crippen LogP contribution is 2.31. The Balaban J connectivity index is 1.57. The molecule has 138 valence electrons. The number of aromatic nitrogens is 1. The van der Waals surface area contributed by atoms with Gasteiger partial charge in [-0.05, 0) is 32.6 Å². The molecule has 1 N–H and O–H groups in total. The van der Waals surface area contributed by atoms with Crippen molar-refractivity contribution in [3.63, 3.8) is 0 Å². The van der Waals surface area contributed by atoms with Gasteiger partial charge in [0.1, 0.15) is 5.60 Å². The monoisotopic (exact) mass is 366 g/mol. The molecule has 2 fully saturated rings. The van der Waals surface area contributed by atoms with Crippen LogP contribution in [0, 0.1) is 6.92 Å². The van der Waals surface area contributed by atoms with Gasteiger partial charge < -0.3 is 19.9 Å². The maximum absolute atomic E-state index is 12.6. The summed E-state index contributed by atoms with van der Waals surface area (Å²) in [6.07, 6.45) is 3.40. The van der Waals surface area contributed by atoms with Crippen molar-refractivity contribution < 1.29 is 14.3 Å². The van der Waals surface area contributed by atoms with Gasteiger partial charge in [0.15, 0.2) is 0 Å². The standard InChI is InChI=1S/C17H26N4O3S/c1-4-6-14-19-12(2)13(25-14)9-18-15(22)21-8-5-7-17(11-21)10-20(3)16(23)24-17/h4-11H2,1-3H3,(H,18,22)/t17-/m0/s1. The normalized spacial score (nSPS) is 23.2. The Bertz CT molecular complexity index is 662. The van der Waals surface area contributed by atoms with E-state index < -0.39 is 5.60 Å². The van der Waals surface area contributed by atoms with Gasteiger partial charge in [-0.1, -0.05) is 6.92 Å². The molecule has 1 aromatic heterocycles. The lowest BCUT2D eigenvalue weighted by Crippen LogP contribution is -2.54. The first-order valence-electron chi connectivity index (χ1n) is 8.84. The van der Waals surface area contributed by atoms with E-state index in [1.807, 2.05) is 6.92 Å². The lowest BCUT2D eigenvalue weighted by molar-refractivity contribution is 0.00318. The molecule has 1 aromatic rings. The van der Waals surface area contributed by atoms with Crippen molar-refractivity contribution in [1.82, 2.24) is 20.1 Å². The van der Waals surface area contributed by atoms with Crippen molar-refractivity contribution in [2.24, 2.45) is 0 Å². The highest BCUT2D eigenvalue weighted by Gasteiger charge is 2.47. The third-order valence-electron chi connectivity index (χ3n) is 4.77. The molecule has 2 saturated heterocycles. The van der Waals surface area contributed by atoms with Crippen molar-refractivity contribution in [2.45, 2.75) is 51.7 Å². The van der Waals surface area contributed by atoms with Crippen LogP contribution >= 0.6 is 11.3 Å². The minimum absolute atomic E-state index is 0.102. The van der Waals surface area contributed by atoms with Crippen LogP contribution in [-0.4, -0.2) is 59.2 Å². The van der Waals surface area contributed by atoms with Gasteiger partial charge in [-0.25, -0.2) is 14.6 Å². The second-order valence-electron chi connectivity index (χ2n) is 6.96. The van der Waals surface area contributed by atoms with Crippen LogP contribution in [-0.2, 0) is 17.7 Å². The molecule has 2 aliphatic heterocycles. The van der Waals surface area contributed by atoms with Crippen LogP contribution < -0.4 is 5.32 Å². The number of amides is 3. The van der Waals surface area contributed by atoms with E-state index in [0.717, 1.165) is 41.3 Å². The predicted octanol–water partition coefficient (Wildman–Crippen LogP) is 2.53. The largest absolute Gasteiger partial charge is 0.439 e. The number of piperidine rings is 1. The number of hydrogen-bond donors (Lipinski definition) is 1. The van der Waals surface area contributed by atoms with E-state index in [1.54, 1.807) is 28.2 Å². The molecule has 3 amide bonds. The van der Waals surface area contributed by atoms with Gasteiger partial charge in [-0.3, -0.25) is 0 Å². The highest BCUT2D eigenvalue weighted by molar-refractivity contribution is 7.11. The molecule has 25 heavy (non-hydrogen) atoms. The fraction of sp³-hybridized carbons (Fsp3) is 0.706. The SMILES string of the molecule is CCCc1nc(C)c(CNC(=O)N2CCC[C@]3(CN(C)C(=O)O3)C2)s1. The molecule has 7 nitrogen and oxygen atoms in total. The number of likely N-dealkylation sites (tertiary alicyclic amines) is 1. The zero-order chi connectivity index (χ0) is 18.0. The number of urea groups is 1. The van der Waals surface area contributed by atoms with Gasteiger partial charge in [0, 0.05) is 18.5 Å². The third-order valence-corrected chi connectivity index (χ3v) is 5.99. The fourth-order valence-electron chi connectivity index (χ4n) is 3.52. The van der Waals surface area contributed by atoms with Gasteiger partial charge >= 0.3 is 12.1 Å². The topological polar surface area (TPSA) is 74.8 Å². The van der Waals surface area contributed by atoms with Crippen LogP contribution in [0.15, 0.2) is 0 Å². The molecule has 8 heteroatoms. The van der Waals surface area contributed by atoms with E-state index in [1.165, 1.54) is 0 Å². The van der Waals surface area contributed by atoms with E-state index in [-0.39, 0.29) is 12.1 Å². The summed E-state index contributed by atoms with van der Waals surface area (Å²) in [5.41, 5.74) is 0.450. The molecule has 0 radical (unpaired) electrons. The van der Waals surface area contributed by atoms with Gasteiger partial charge in [0.05, 0.1) is 30.3 Å². The number of carbonyl (C=O) groups excluding carboxylic acids is 2. The molecular formula is C17H26N4O3S. The maximum Gasteiger partial charge on any atom is 0.410 e. The minimum atomic E-state index is -0.546. The molecule has 3 rings (SSSR count). The molecule has 0 aliphatic carbocycles. The number of likely N-dealkylation sites (N-methyl/N-ethyl adjacent to an activating group) is 1. The molecule has 0 bridgehead atoms. The minimum Gasteiger partial charge on any atom is -0.439 e. The quantitative estimate of drug-likeness (QED) is 0.888. The average Bonchev–Trinajstić information content (AvgIpc) is 3.05. The van der Waals surface area contributed by atoms with Crippen molar-refractivity contribution in [3.05, 3.63) is 15.6 Å². The zero-order valence-electron chi connectivity index (χ0n) is 15.1. The van der Waals surface area contributed by atoms with Crippen molar-refractivity contribution in [3.8, 4) is 0 Å². The van der Waals surface area contributed by atoms with E-state index in [0.29, 0.717) is 26.2 Å². The zero-order valence-corrected chi connectivity index (χ0v) is 15.9. The first-order chi connectivity index (χ1) is 11.9. The van der Waals surface area contributed by atoms with Crippen molar-refractivity contribution >= 4 is 23.5 Å². The van der Waals surface area contributed by atoms with Crippen LogP contribution in [0.2, 0.25) is 0 Å². The predicted molar refractivity (Wildman–Crippen MR) is 95.7 cm³/mol. The number of aryl methyl sites for hydroxylation is 2. The lowest BCUT2D eigenvalue weighted by atomic mass is 9.93. The summed E-state index contributed by atoms with van der Waals surface area (Å²) in [5, 5.41) is 4.12. The molecule has 0 saturated carbocycles. The van der Waals surface area contributed by atoms with E-state index in [4.69, 9.17) is 4.74 Å². The third kappa shape index (κ3) is 3.89. The summed E-state index contributed by atoms with van der Waals surface area (Å²) in [6, 6.07) is -0.102. The number of rotatable bonds is 4. The Kier molecular flexibility index (Phi) is 5.17. The summed E-state index contributed by atoms with van der Waals surface area (Å²) >= 11 is 1.67. The van der Waals surface area contributed by atoms with Crippen LogP contribution in [0.4, 0.5) is 9.59 Å². The number of nitrogens with one attached hydrogen (secondary N) is 1. The first kappa shape index (κ1) is 18.0. The van der Waals surface area contributed by atoms with Crippen LogP contribution in [0.3, 0.4) is 0 Å². The summed E-state index contributed by atoms with van der Waals surface area (Å²) in [4.78, 5) is 33.3. The van der Waals surface area contributed by atoms with E-state index >= 15 is 0 Å². The second kappa shape index (κ2) is 7.19. The maximum atomic E-state index is 12.6. The number of nitrogens with zero attached hydrogens (tertiary/aromatic N) is 3. The molecule has 2 aliphatic rings. The first-order valence-corrected chi connectivity index (χ1v) is 9.66. The smallest absolute Gasteiger partial charge is 0.410 e. The van der Waals surface area contributed by atoms with E-state index in [2.05, 4.69) is 17.2 Å². The summed E-state index contributed by atoms with van der Waals surface area (Å²) < 4.78 is 5.55. The fourth-order valence-corrected chi connectivity index (χ4v) is 4.63. The molecule has 0 aromatic carbocycles. The molecule has 1 atom stereocenters. The van der Waals surface area contributed by atoms with E-state index in [9.17, 15) is 9.59 Å². The average molecular weight is 366 g/mol. The summed E-state index contributed by atoms with van der Waals surface area (Å²) in [5.74, 6) is 0. The Morgan fingerprint density at radius 3 is 2.92 bits per heavy atom. The summed E-state index contributed by atoms with van der Waals surface area (Å²) in [7, 11) is 1.73. The van der Waals surface area contributed by atoms with Gasteiger partial charge in [0.25, 0.3) is 0 Å². The molecule has 3 heterocycles. The number of thiazole rings is 1. The highest BCUT2D eigenvalue weighted by atomic mass is 32.1. The second-order valence-corrected chi connectivity index (χ2v) is 8.13. The van der Waals surface area contributed by atoms with Gasteiger partial charge in [-0.15, -0.1) is 11.3 Å². The van der Waals surface area contributed by atoms with Gasteiger partial charge in [-0.2, -0.15) is 0 Å². The Hall–Kier alpha value is -1.83. The van der Waals surface area contributed by atoms with Crippen LogP contribution in [0.25, 0.3) is 0 Å². The van der Waals surface area contributed by atoms with Crippen LogP contribution in [0.5, 0.6) is 0 Å². The summed E-state index contributed by atoms with van der Waals surface area (Å²) in [6.45, 7) is 6.31. The Morgan fingerprint density at radius 1 is 1.44 bits per heavy atom. The van der Waals surface area contributed by atoms with Crippen molar-refractivity contribution in [1.29, 1.82) is 0 Å². The molecule has 0 unspecified atom stereocenters. The number of hydrogen-bond acceptors (Lipinski definition) is 5.